The summed E-state index contributed by atoms with van der Waals surface area (Å²) < 4.78 is 0. The molecule has 1 aliphatic heterocycles. The summed E-state index contributed by atoms with van der Waals surface area (Å²) in [7, 11) is 0. The highest BCUT2D eigenvalue weighted by Crippen LogP contribution is 2.24. The first-order chi connectivity index (χ1) is 13.8. The fourth-order valence-electron chi connectivity index (χ4n) is 3.49. The van der Waals surface area contributed by atoms with E-state index >= 15 is 0 Å². The molecule has 1 heterocycles. The van der Waals surface area contributed by atoms with Crippen LogP contribution in [0.4, 0.5) is 0 Å². The Morgan fingerprint density at radius 2 is 1.63 bits per heavy atom. The maximum absolute atomic E-state index is 10.5. The summed E-state index contributed by atoms with van der Waals surface area (Å²) in [5.41, 5.74) is 2.30. The standard InChI is InChI=1S/C23H41N5O.HI/c1-6-24-22(25-12-13-28-16-14-27(7-2)15-17-28)26-18-21(29)19-8-10-20(11-9-19)23(3,4)5;/h8-11,21,29H,6-7,12-18H2,1-5H3,(H2,24,25,26);1H. The van der Waals surface area contributed by atoms with Crippen LogP contribution in [0, 0.1) is 0 Å². The smallest absolute Gasteiger partial charge is 0.191 e. The molecule has 7 heteroatoms. The predicted octanol–water partition coefficient (Wildman–Crippen LogP) is 2.83. The number of aliphatic hydroxyl groups is 1. The van der Waals surface area contributed by atoms with E-state index < -0.39 is 6.10 Å². The minimum atomic E-state index is -0.596. The molecule has 1 unspecified atom stereocenters. The SMILES string of the molecule is CCNC(=NCC(O)c1ccc(C(C)(C)C)cc1)NCCN1CCN(CC)CC1.I. The number of hydrogen-bond donors (Lipinski definition) is 3. The molecule has 0 aromatic heterocycles. The largest absolute Gasteiger partial charge is 0.386 e. The number of nitrogens with one attached hydrogen (secondary N) is 2. The van der Waals surface area contributed by atoms with E-state index in [9.17, 15) is 5.11 Å². The number of rotatable bonds is 8. The van der Waals surface area contributed by atoms with E-state index in [0.29, 0.717) is 6.54 Å². The molecule has 0 aliphatic carbocycles. The number of aliphatic imine (C=N–C) groups is 1. The molecular weight excluding hydrogens is 489 g/mol. The number of likely N-dealkylation sites (N-methyl/N-ethyl adjacent to an activating group) is 1. The van der Waals surface area contributed by atoms with Crippen molar-refractivity contribution in [1.29, 1.82) is 0 Å². The second-order valence-corrected chi connectivity index (χ2v) is 8.81. The summed E-state index contributed by atoms with van der Waals surface area (Å²) in [6, 6.07) is 8.22. The van der Waals surface area contributed by atoms with Gasteiger partial charge in [-0.1, -0.05) is 52.0 Å². The summed E-state index contributed by atoms with van der Waals surface area (Å²) in [5.74, 6) is 0.769. The predicted molar refractivity (Wildman–Crippen MR) is 138 cm³/mol. The highest BCUT2D eigenvalue weighted by atomic mass is 127. The van der Waals surface area contributed by atoms with Crippen molar-refractivity contribution in [2.45, 2.75) is 46.1 Å². The molecule has 1 aromatic carbocycles. The Morgan fingerprint density at radius 3 is 2.17 bits per heavy atom. The van der Waals surface area contributed by atoms with Crippen molar-refractivity contribution in [3.63, 3.8) is 0 Å². The van der Waals surface area contributed by atoms with Gasteiger partial charge in [0.2, 0.25) is 0 Å². The van der Waals surface area contributed by atoms with Crippen LogP contribution in [-0.2, 0) is 5.41 Å². The summed E-state index contributed by atoms with van der Waals surface area (Å²) >= 11 is 0. The fraction of sp³-hybridized carbons (Fsp3) is 0.696. The van der Waals surface area contributed by atoms with Gasteiger partial charge in [-0.2, -0.15) is 0 Å². The van der Waals surface area contributed by atoms with Gasteiger partial charge in [0.25, 0.3) is 0 Å². The summed E-state index contributed by atoms with van der Waals surface area (Å²) in [6.45, 7) is 19.6. The molecule has 0 amide bonds. The highest BCUT2D eigenvalue weighted by molar-refractivity contribution is 14.0. The van der Waals surface area contributed by atoms with Gasteiger partial charge in [-0.15, -0.1) is 24.0 Å². The van der Waals surface area contributed by atoms with Crippen molar-refractivity contribution in [1.82, 2.24) is 20.4 Å². The quantitative estimate of drug-likeness (QED) is 0.274. The topological polar surface area (TPSA) is 63.1 Å². The molecule has 1 aliphatic rings. The van der Waals surface area contributed by atoms with Crippen LogP contribution >= 0.6 is 24.0 Å². The second-order valence-electron chi connectivity index (χ2n) is 8.81. The van der Waals surface area contributed by atoms with E-state index in [1.165, 1.54) is 5.56 Å². The van der Waals surface area contributed by atoms with Crippen LogP contribution < -0.4 is 10.6 Å². The molecule has 172 valence electrons. The van der Waals surface area contributed by atoms with Crippen LogP contribution in [0.5, 0.6) is 0 Å². The van der Waals surface area contributed by atoms with Crippen LogP contribution in [-0.4, -0.2) is 79.8 Å². The molecule has 1 atom stereocenters. The first-order valence-corrected chi connectivity index (χ1v) is 11.1. The average Bonchev–Trinajstić information content (AvgIpc) is 2.71. The van der Waals surface area contributed by atoms with E-state index in [4.69, 9.17) is 0 Å². The lowest BCUT2D eigenvalue weighted by atomic mass is 9.86. The number of benzene rings is 1. The Bertz CT molecular complexity index is 621. The molecule has 0 radical (unpaired) electrons. The molecule has 1 saturated heterocycles. The molecule has 0 saturated carbocycles. The number of hydrogen-bond acceptors (Lipinski definition) is 4. The lowest BCUT2D eigenvalue weighted by molar-refractivity contribution is 0.139. The monoisotopic (exact) mass is 531 g/mol. The third-order valence-electron chi connectivity index (χ3n) is 5.56. The van der Waals surface area contributed by atoms with Gasteiger partial charge < -0.3 is 20.6 Å². The zero-order valence-corrected chi connectivity index (χ0v) is 21.8. The second kappa shape index (κ2) is 13.5. The normalized spacial score (nSPS) is 17.3. The lowest BCUT2D eigenvalue weighted by Crippen LogP contribution is -2.49. The fourth-order valence-corrected chi connectivity index (χ4v) is 3.49. The van der Waals surface area contributed by atoms with Crippen LogP contribution in [0.1, 0.15) is 51.8 Å². The van der Waals surface area contributed by atoms with Gasteiger partial charge in [0, 0.05) is 45.8 Å². The number of piperazine rings is 1. The van der Waals surface area contributed by atoms with Gasteiger partial charge in [-0.3, -0.25) is 9.89 Å². The number of guanidine groups is 1. The molecule has 0 bridgehead atoms. The summed E-state index contributed by atoms with van der Waals surface area (Å²) in [4.78, 5) is 9.57. The van der Waals surface area contributed by atoms with Crippen LogP contribution in [0.3, 0.4) is 0 Å². The van der Waals surface area contributed by atoms with E-state index in [2.05, 4.69) is 72.2 Å². The van der Waals surface area contributed by atoms with Gasteiger partial charge in [0.15, 0.2) is 5.96 Å². The van der Waals surface area contributed by atoms with Crippen LogP contribution in [0.25, 0.3) is 0 Å². The van der Waals surface area contributed by atoms with Gasteiger partial charge in [-0.25, -0.2) is 0 Å². The minimum Gasteiger partial charge on any atom is -0.386 e. The molecule has 0 spiro atoms. The molecule has 30 heavy (non-hydrogen) atoms. The maximum atomic E-state index is 10.5. The van der Waals surface area contributed by atoms with Crippen molar-refractivity contribution in [2.24, 2.45) is 4.99 Å². The average molecular weight is 532 g/mol. The number of aliphatic hydroxyl groups excluding tert-OH is 1. The van der Waals surface area contributed by atoms with E-state index in [1.807, 2.05) is 12.1 Å². The van der Waals surface area contributed by atoms with E-state index in [-0.39, 0.29) is 29.4 Å². The van der Waals surface area contributed by atoms with Crippen LogP contribution in [0.15, 0.2) is 29.3 Å². The first-order valence-electron chi connectivity index (χ1n) is 11.1. The van der Waals surface area contributed by atoms with Crippen molar-refractivity contribution >= 4 is 29.9 Å². The van der Waals surface area contributed by atoms with Gasteiger partial charge in [0.05, 0.1) is 12.6 Å². The third-order valence-corrected chi connectivity index (χ3v) is 5.56. The zero-order valence-electron chi connectivity index (χ0n) is 19.4. The van der Waals surface area contributed by atoms with Crippen molar-refractivity contribution in [2.75, 3.05) is 58.9 Å². The number of halogens is 1. The Labute approximate surface area is 200 Å². The Balaban J connectivity index is 0.00000450. The molecule has 1 aromatic rings. The number of nitrogens with zero attached hydrogens (tertiary/aromatic N) is 3. The third kappa shape index (κ3) is 9.08. The zero-order chi connectivity index (χ0) is 21.3. The van der Waals surface area contributed by atoms with Crippen molar-refractivity contribution in [3.05, 3.63) is 35.4 Å². The summed E-state index contributed by atoms with van der Waals surface area (Å²) in [5, 5.41) is 17.2. The molecule has 2 rings (SSSR count). The molecular formula is C23H42IN5O. The maximum Gasteiger partial charge on any atom is 0.191 e. The lowest BCUT2D eigenvalue weighted by Gasteiger charge is -2.34. The highest BCUT2D eigenvalue weighted by Gasteiger charge is 2.16. The Morgan fingerprint density at radius 1 is 1.03 bits per heavy atom. The van der Waals surface area contributed by atoms with Crippen LogP contribution in [0.2, 0.25) is 0 Å². The van der Waals surface area contributed by atoms with Gasteiger partial charge in [-0.05, 0) is 30.0 Å². The van der Waals surface area contributed by atoms with Crippen molar-refractivity contribution in [3.8, 4) is 0 Å². The van der Waals surface area contributed by atoms with Gasteiger partial charge in [0.1, 0.15) is 0 Å². The molecule has 3 N–H and O–H groups in total. The molecule has 6 nitrogen and oxygen atoms in total. The van der Waals surface area contributed by atoms with Gasteiger partial charge >= 0.3 is 0 Å². The Hall–Kier alpha value is -0.900. The van der Waals surface area contributed by atoms with E-state index in [1.54, 1.807) is 0 Å². The first kappa shape index (κ1) is 27.1. The summed E-state index contributed by atoms with van der Waals surface area (Å²) in [6.07, 6.45) is -0.596. The van der Waals surface area contributed by atoms with Crippen molar-refractivity contribution < 1.29 is 5.11 Å². The Kier molecular flexibility index (Phi) is 12.2. The van der Waals surface area contributed by atoms with E-state index in [0.717, 1.165) is 63.9 Å². The minimum absolute atomic E-state index is 0. The molecule has 1 fully saturated rings.